The first-order valence-corrected chi connectivity index (χ1v) is 8.31. The number of anilines is 2. The van der Waals surface area contributed by atoms with Gasteiger partial charge in [-0.25, -0.2) is 4.98 Å². The molecule has 27 heavy (non-hydrogen) atoms. The summed E-state index contributed by atoms with van der Waals surface area (Å²) in [5, 5.41) is 0. The number of carbonyl (C=O) groups excluding carboxylic acids is 1. The zero-order valence-corrected chi connectivity index (χ0v) is 16.4. The summed E-state index contributed by atoms with van der Waals surface area (Å²) in [5.41, 5.74) is 9.39. The molecule has 0 radical (unpaired) electrons. The van der Waals surface area contributed by atoms with Crippen molar-refractivity contribution in [2.24, 2.45) is 0 Å². The topological polar surface area (TPSA) is 85.5 Å². The van der Waals surface area contributed by atoms with Crippen LogP contribution in [0, 0.1) is 6.92 Å². The summed E-state index contributed by atoms with van der Waals surface area (Å²) in [5.74, 6) is 1.57. The summed E-state index contributed by atoms with van der Waals surface area (Å²) in [6.45, 7) is 2.50. The van der Waals surface area contributed by atoms with E-state index in [0.717, 1.165) is 29.8 Å². The molecule has 6 nitrogen and oxygen atoms in total. The molecular weight excluding hydrogens is 389 g/mol. The third-order valence-electron chi connectivity index (χ3n) is 4.53. The van der Waals surface area contributed by atoms with Crippen LogP contribution in [0.4, 0.5) is 11.4 Å². The Balaban J connectivity index is 0.00000131. The van der Waals surface area contributed by atoms with Gasteiger partial charge in [0, 0.05) is 17.9 Å². The number of fused-ring (bicyclic) bond motifs is 1. The maximum atomic E-state index is 12.9. The predicted octanol–water partition coefficient (Wildman–Crippen LogP) is 4.19. The highest BCUT2D eigenvalue weighted by atomic mass is 35.5. The summed E-state index contributed by atoms with van der Waals surface area (Å²) >= 11 is 0. The monoisotopic (exact) mass is 409 g/mol. The Morgan fingerprint density at radius 3 is 2.81 bits per heavy atom. The van der Waals surface area contributed by atoms with Crippen LogP contribution in [-0.4, -0.2) is 17.4 Å². The molecule has 0 bridgehead atoms. The van der Waals surface area contributed by atoms with E-state index < -0.39 is 0 Å². The zero-order chi connectivity index (χ0) is 17.4. The van der Waals surface area contributed by atoms with Gasteiger partial charge in [0.05, 0.1) is 18.4 Å². The minimum atomic E-state index is -0.00561. The van der Waals surface area contributed by atoms with E-state index in [9.17, 15) is 4.79 Å². The van der Waals surface area contributed by atoms with Crippen molar-refractivity contribution in [2.75, 3.05) is 17.2 Å². The molecule has 0 unspecified atom stereocenters. The molecule has 0 saturated carbocycles. The van der Waals surface area contributed by atoms with Crippen molar-refractivity contribution in [1.29, 1.82) is 0 Å². The summed E-state index contributed by atoms with van der Waals surface area (Å²) in [6.07, 6.45) is 3.55. The number of hydrogen-bond acceptors (Lipinski definition) is 5. The fourth-order valence-corrected chi connectivity index (χ4v) is 3.25. The summed E-state index contributed by atoms with van der Waals surface area (Å²) in [6, 6.07) is 9.27. The first-order valence-electron chi connectivity index (χ1n) is 8.31. The number of aromatic nitrogens is 1. The lowest BCUT2D eigenvalue weighted by Crippen LogP contribution is -2.37. The average Bonchev–Trinajstić information content (AvgIpc) is 3.25. The third kappa shape index (κ3) is 3.96. The minimum absolute atomic E-state index is 0. The smallest absolute Gasteiger partial charge is 0.263 e. The van der Waals surface area contributed by atoms with Gasteiger partial charge < -0.3 is 19.5 Å². The van der Waals surface area contributed by atoms with Gasteiger partial charge in [-0.2, -0.15) is 0 Å². The molecule has 1 aromatic carbocycles. The molecule has 2 aromatic heterocycles. The van der Waals surface area contributed by atoms with Crippen LogP contribution in [0.25, 0.3) is 11.7 Å². The maximum absolute atomic E-state index is 12.9. The van der Waals surface area contributed by atoms with Crippen LogP contribution in [0.1, 0.15) is 23.4 Å². The van der Waals surface area contributed by atoms with Gasteiger partial charge in [0.25, 0.3) is 5.89 Å². The molecule has 4 rings (SSSR count). The van der Waals surface area contributed by atoms with Crippen LogP contribution >= 0.6 is 24.8 Å². The molecule has 3 heterocycles. The van der Waals surface area contributed by atoms with Gasteiger partial charge in [-0.05, 0) is 49.6 Å². The second-order valence-corrected chi connectivity index (χ2v) is 6.17. The lowest BCUT2D eigenvalue weighted by atomic mass is 9.99. The summed E-state index contributed by atoms with van der Waals surface area (Å²) in [7, 11) is 0. The molecule has 0 saturated heterocycles. The number of oxazole rings is 1. The van der Waals surface area contributed by atoms with Crippen LogP contribution < -0.4 is 10.6 Å². The van der Waals surface area contributed by atoms with Gasteiger partial charge in [-0.3, -0.25) is 4.79 Å². The number of benzene rings is 1. The summed E-state index contributed by atoms with van der Waals surface area (Å²) < 4.78 is 10.9. The molecule has 0 spiro atoms. The van der Waals surface area contributed by atoms with E-state index in [4.69, 9.17) is 14.6 Å². The molecule has 0 aliphatic carbocycles. The molecule has 1 amide bonds. The Morgan fingerprint density at radius 1 is 1.26 bits per heavy atom. The lowest BCUT2D eigenvalue weighted by Gasteiger charge is -2.30. The molecule has 144 valence electrons. The van der Waals surface area contributed by atoms with Crippen LogP contribution in [-0.2, 0) is 17.6 Å². The number of furan rings is 1. The van der Waals surface area contributed by atoms with Crippen LogP contribution in [0.2, 0.25) is 0 Å². The number of nitrogens with zero attached hydrogens (tertiary/aromatic N) is 2. The quantitative estimate of drug-likeness (QED) is 0.655. The van der Waals surface area contributed by atoms with Gasteiger partial charge in [0.15, 0.2) is 5.76 Å². The number of hydrogen-bond donors (Lipinski definition) is 1. The Kier molecular flexibility index (Phi) is 6.57. The van der Waals surface area contributed by atoms with Crippen molar-refractivity contribution in [1.82, 2.24) is 4.98 Å². The molecule has 3 aromatic rings. The molecule has 2 N–H and O–H groups in total. The average molecular weight is 410 g/mol. The lowest BCUT2D eigenvalue weighted by molar-refractivity contribution is -0.118. The van der Waals surface area contributed by atoms with E-state index >= 15 is 0 Å². The molecule has 1 aliphatic rings. The fourth-order valence-electron chi connectivity index (χ4n) is 3.25. The highest BCUT2D eigenvalue weighted by Crippen LogP contribution is 2.32. The number of carbonyl (C=O) groups is 1. The molecule has 1 aliphatic heterocycles. The van der Waals surface area contributed by atoms with Gasteiger partial charge in [-0.1, -0.05) is 6.07 Å². The Hall–Kier alpha value is -2.44. The zero-order valence-electron chi connectivity index (χ0n) is 14.8. The van der Waals surface area contributed by atoms with Gasteiger partial charge in [-0.15, -0.1) is 24.8 Å². The van der Waals surface area contributed by atoms with E-state index in [1.165, 1.54) is 0 Å². The first kappa shape index (κ1) is 20.9. The number of halogens is 2. The third-order valence-corrected chi connectivity index (χ3v) is 4.53. The van der Waals surface area contributed by atoms with Crippen LogP contribution in [0.5, 0.6) is 0 Å². The van der Waals surface area contributed by atoms with E-state index in [2.05, 4.69) is 4.98 Å². The van der Waals surface area contributed by atoms with Crippen molar-refractivity contribution in [2.45, 2.75) is 26.2 Å². The number of nitrogens with two attached hydrogens (primary N) is 1. The Labute approximate surface area is 169 Å². The predicted molar refractivity (Wildman–Crippen MR) is 109 cm³/mol. The van der Waals surface area contributed by atoms with E-state index in [1.54, 1.807) is 23.3 Å². The molecule has 0 fully saturated rings. The Morgan fingerprint density at radius 2 is 2.07 bits per heavy atom. The largest absolute Gasteiger partial charge is 0.459 e. The van der Waals surface area contributed by atoms with Crippen molar-refractivity contribution >= 4 is 42.1 Å². The standard InChI is InChI=1S/C19H19N3O3.2ClH/c1-12-15(21-19(25-12)17-8-4-10-24-17)11-18(23)22-9-3-5-13-14(20)6-2-7-16(13)22;;/h2,4,6-8,10H,3,5,9,11,20H2,1H3;2*1H. The van der Waals surface area contributed by atoms with Crippen LogP contribution in [0.15, 0.2) is 45.4 Å². The van der Waals surface area contributed by atoms with Crippen molar-refractivity contribution in [3.8, 4) is 11.7 Å². The highest BCUT2D eigenvalue weighted by Gasteiger charge is 2.25. The SMILES string of the molecule is Cc1oc(-c2ccco2)nc1CC(=O)N1CCCc2c(N)cccc21.Cl.Cl. The molecule has 0 atom stereocenters. The number of aryl methyl sites for hydroxylation is 1. The first-order chi connectivity index (χ1) is 12.1. The van der Waals surface area contributed by atoms with Gasteiger partial charge in [0.1, 0.15) is 5.76 Å². The van der Waals surface area contributed by atoms with Crippen molar-refractivity contribution in [3.05, 3.63) is 53.6 Å². The van der Waals surface area contributed by atoms with E-state index in [1.807, 2.05) is 25.1 Å². The highest BCUT2D eigenvalue weighted by molar-refractivity contribution is 5.96. The summed E-state index contributed by atoms with van der Waals surface area (Å²) in [4.78, 5) is 19.1. The van der Waals surface area contributed by atoms with E-state index in [-0.39, 0.29) is 37.1 Å². The number of nitrogen functional groups attached to an aromatic ring is 1. The Bertz CT molecular complexity index is 922. The second kappa shape index (κ2) is 8.50. The minimum Gasteiger partial charge on any atom is -0.459 e. The van der Waals surface area contributed by atoms with Gasteiger partial charge >= 0.3 is 0 Å². The van der Waals surface area contributed by atoms with Gasteiger partial charge in [0.2, 0.25) is 5.91 Å². The fraction of sp³-hybridized carbons (Fsp3) is 0.263. The molecular formula is C19H21Cl2N3O3. The van der Waals surface area contributed by atoms with Crippen molar-refractivity contribution in [3.63, 3.8) is 0 Å². The maximum Gasteiger partial charge on any atom is 0.263 e. The van der Waals surface area contributed by atoms with E-state index in [0.29, 0.717) is 29.6 Å². The second-order valence-electron chi connectivity index (χ2n) is 6.17. The number of amides is 1. The normalized spacial score (nSPS) is 12.7. The molecule has 8 heteroatoms. The van der Waals surface area contributed by atoms with Crippen LogP contribution in [0.3, 0.4) is 0 Å². The number of rotatable bonds is 3. The van der Waals surface area contributed by atoms with Crippen molar-refractivity contribution < 1.29 is 13.6 Å².